The summed E-state index contributed by atoms with van der Waals surface area (Å²) in [5, 5.41) is 16.0. The average molecular weight is 247 g/mol. The van der Waals surface area contributed by atoms with Crippen molar-refractivity contribution in [3.63, 3.8) is 0 Å². The number of aromatic carboxylic acids is 1. The molecular formula is C11H13N5O2. The standard InChI is InChI=1S/C11H13N5O2/c1-16-5-3-8(15-16)2-4-13-10-7-12-6-9(14-10)11(17)18/h3,5-7H,2,4H2,1H3,(H,13,14)(H,17,18). The van der Waals surface area contributed by atoms with Crippen molar-refractivity contribution >= 4 is 11.8 Å². The Morgan fingerprint density at radius 3 is 3.00 bits per heavy atom. The van der Waals surface area contributed by atoms with Crippen molar-refractivity contribution in [1.82, 2.24) is 19.7 Å². The van der Waals surface area contributed by atoms with E-state index in [1.165, 1.54) is 12.4 Å². The molecule has 0 fully saturated rings. The predicted molar refractivity (Wildman–Crippen MR) is 64.4 cm³/mol. The predicted octanol–water partition coefficient (Wildman–Crippen LogP) is 0.563. The van der Waals surface area contributed by atoms with Crippen molar-refractivity contribution in [3.8, 4) is 0 Å². The maximum atomic E-state index is 10.7. The number of carbonyl (C=O) groups is 1. The Bertz CT molecular complexity index is 552. The molecule has 94 valence electrons. The summed E-state index contributed by atoms with van der Waals surface area (Å²) in [5.74, 6) is -0.637. The zero-order valence-electron chi connectivity index (χ0n) is 9.87. The lowest BCUT2D eigenvalue weighted by atomic mass is 10.3. The molecule has 0 unspecified atom stereocenters. The van der Waals surface area contributed by atoms with Crippen LogP contribution in [0.3, 0.4) is 0 Å². The lowest BCUT2D eigenvalue weighted by molar-refractivity contribution is 0.0690. The van der Waals surface area contributed by atoms with Gasteiger partial charge in [0, 0.05) is 26.2 Å². The fraction of sp³-hybridized carbons (Fsp3) is 0.273. The summed E-state index contributed by atoms with van der Waals surface area (Å²) in [5.41, 5.74) is 0.894. The number of carboxylic acid groups (broad SMARTS) is 1. The van der Waals surface area contributed by atoms with Crippen molar-refractivity contribution in [3.05, 3.63) is 36.0 Å². The second kappa shape index (κ2) is 5.26. The first-order valence-electron chi connectivity index (χ1n) is 5.43. The molecule has 18 heavy (non-hydrogen) atoms. The van der Waals surface area contributed by atoms with Crippen molar-refractivity contribution in [1.29, 1.82) is 0 Å². The third kappa shape index (κ3) is 3.03. The number of anilines is 1. The van der Waals surface area contributed by atoms with E-state index in [1.54, 1.807) is 4.68 Å². The lowest BCUT2D eigenvalue weighted by Crippen LogP contribution is -2.10. The molecule has 7 nitrogen and oxygen atoms in total. The first kappa shape index (κ1) is 12.0. The Balaban J connectivity index is 1.90. The third-order valence-corrected chi connectivity index (χ3v) is 2.31. The van der Waals surface area contributed by atoms with Crippen LogP contribution in [0.15, 0.2) is 24.7 Å². The number of hydrogen-bond donors (Lipinski definition) is 2. The van der Waals surface area contributed by atoms with Crippen molar-refractivity contribution in [2.45, 2.75) is 6.42 Å². The minimum atomic E-state index is -1.09. The van der Waals surface area contributed by atoms with Crippen molar-refractivity contribution in [2.75, 3.05) is 11.9 Å². The number of rotatable bonds is 5. The van der Waals surface area contributed by atoms with Gasteiger partial charge in [-0.15, -0.1) is 0 Å². The van der Waals surface area contributed by atoms with Crippen LogP contribution in [-0.2, 0) is 13.5 Å². The van der Waals surface area contributed by atoms with E-state index in [0.717, 1.165) is 12.1 Å². The summed E-state index contributed by atoms with van der Waals surface area (Å²) in [4.78, 5) is 18.4. The summed E-state index contributed by atoms with van der Waals surface area (Å²) in [6, 6.07) is 1.93. The van der Waals surface area contributed by atoms with Gasteiger partial charge in [-0.1, -0.05) is 0 Å². The van der Waals surface area contributed by atoms with Gasteiger partial charge in [0.2, 0.25) is 0 Å². The second-order valence-electron chi connectivity index (χ2n) is 3.75. The Hall–Kier alpha value is -2.44. The summed E-state index contributed by atoms with van der Waals surface area (Å²) >= 11 is 0. The number of aromatic nitrogens is 4. The lowest BCUT2D eigenvalue weighted by Gasteiger charge is -2.04. The molecular weight excluding hydrogens is 234 g/mol. The third-order valence-electron chi connectivity index (χ3n) is 2.31. The van der Waals surface area contributed by atoms with Crippen LogP contribution in [0.1, 0.15) is 16.2 Å². The number of carboxylic acids is 1. The van der Waals surface area contributed by atoms with E-state index in [2.05, 4.69) is 20.4 Å². The Morgan fingerprint density at radius 2 is 2.33 bits per heavy atom. The van der Waals surface area contributed by atoms with E-state index in [9.17, 15) is 4.79 Å². The maximum absolute atomic E-state index is 10.7. The SMILES string of the molecule is Cn1ccc(CCNc2cncc(C(=O)O)n2)n1. The Morgan fingerprint density at radius 1 is 1.50 bits per heavy atom. The van der Waals surface area contributed by atoms with E-state index in [1.807, 2.05) is 19.3 Å². The fourth-order valence-electron chi connectivity index (χ4n) is 1.47. The zero-order valence-corrected chi connectivity index (χ0v) is 9.87. The van der Waals surface area contributed by atoms with Gasteiger partial charge in [-0.05, 0) is 6.07 Å². The van der Waals surface area contributed by atoms with E-state index in [4.69, 9.17) is 5.11 Å². The summed E-state index contributed by atoms with van der Waals surface area (Å²) in [6.07, 6.45) is 5.32. The number of nitrogens with one attached hydrogen (secondary N) is 1. The van der Waals surface area contributed by atoms with Crippen molar-refractivity contribution < 1.29 is 9.90 Å². The molecule has 0 atom stereocenters. The van der Waals surface area contributed by atoms with Gasteiger partial charge in [0.15, 0.2) is 5.69 Å². The number of hydrogen-bond acceptors (Lipinski definition) is 5. The molecule has 0 bridgehead atoms. The molecule has 2 heterocycles. The van der Waals surface area contributed by atoms with Gasteiger partial charge in [0.05, 0.1) is 18.1 Å². The molecule has 7 heteroatoms. The fourth-order valence-corrected chi connectivity index (χ4v) is 1.47. The molecule has 0 amide bonds. The summed E-state index contributed by atoms with van der Waals surface area (Å²) < 4.78 is 1.74. The minimum absolute atomic E-state index is 0.0714. The quantitative estimate of drug-likeness (QED) is 0.802. The van der Waals surface area contributed by atoms with Gasteiger partial charge >= 0.3 is 5.97 Å². The van der Waals surface area contributed by atoms with Crippen LogP contribution in [0.4, 0.5) is 5.82 Å². The van der Waals surface area contributed by atoms with Crippen LogP contribution in [0.25, 0.3) is 0 Å². The Kier molecular flexibility index (Phi) is 3.52. The topological polar surface area (TPSA) is 92.9 Å². The van der Waals surface area contributed by atoms with Crippen LogP contribution < -0.4 is 5.32 Å². The summed E-state index contributed by atoms with van der Waals surface area (Å²) in [7, 11) is 1.86. The van der Waals surface area contributed by atoms with Crippen LogP contribution in [0.5, 0.6) is 0 Å². The van der Waals surface area contributed by atoms with Gasteiger partial charge in [0.25, 0.3) is 0 Å². The molecule has 0 aliphatic carbocycles. The smallest absolute Gasteiger partial charge is 0.356 e. The van der Waals surface area contributed by atoms with Gasteiger partial charge in [0.1, 0.15) is 5.82 Å². The molecule has 2 N–H and O–H groups in total. The van der Waals surface area contributed by atoms with E-state index in [-0.39, 0.29) is 5.69 Å². The first-order valence-corrected chi connectivity index (χ1v) is 5.43. The normalized spacial score (nSPS) is 10.3. The van der Waals surface area contributed by atoms with Crippen molar-refractivity contribution in [2.24, 2.45) is 7.05 Å². The minimum Gasteiger partial charge on any atom is -0.476 e. The highest BCUT2D eigenvalue weighted by Gasteiger charge is 2.05. The highest BCUT2D eigenvalue weighted by molar-refractivity contribution is 5.85. The molecule has 0 aliphatic heterocycles. The molecule has 0 spiro atoms. The van der Waals surface area contributed by atoms with Gasteiger partial charge in [-0.3, -0.25) is 9.67 Å². The van der Waals surface area contributed by atoms with E-state index < -0.39 is 5.97 Å². The molecule has 0 radical (unpaired) electrons. The van der Waals surface area contributed by atoms with Crippen LogP contribution >= 0.6 is 0 Å². The van der Waals surface area contributed by atoms with Gasteiger partial charge < -0.3 is 10.4 Å². The van der Waals surface area contributed by atoms with E-state index in [0.29, 0.717) is 12.4 Å². The maximum Gasteiger partial charge on any atom is 0.356 e. The van der Waals surface area contributed by atoms with Crippen LogP contribution in [-0.4, -0.2) is 37.4 Å². The highest BCUT2D eigenvalue weighted by Crippen LogP contribution is 2.03. The first-order chi connectivity index (χ1) is 8.65. The number of nitrogens with zero attached hydrogens (tertiary/aromatic N) is 4. The molecule has 2 aromatic rings. The molecule has 0 saturated heterocycles. The molecule has 0 saturated carbocycles. The zero-order chi connectivity index (χ0) is 13.0. The molecule has 2 aromatic heterocycles. The Labute approximate surface area is 104 Å². The van der Waals surface area contributed by atoms with E-state index >= 15 is 0 Å². The molecule has 2 rings (SSSR count). The van der Waals surface area contributed by atoms with Crippen LogP contribution in [0.2, 0.25) is 0 Å². The number of aryl methyl sites for hydroxylation is 1. The summed E-state index contributed by atoms with van der Waals surface area (Å²) in [6.45, 7) is 0.620. The molecule has 0 aromatic carbocycles. The largest absolute Gasteiger partial charge is 0.476 e. The van der Waals surface area contributed by atoms with Crippen LogP contribution in [0, 0.1) is 0 Å². The van der Waals surface area contributed by atoms with Gasteiger partial charge in [-0.25, -0.2) is 9.78 Å². The monoisotopic (exact) mass is 247 g/mol. The van der Waals surface area contributed by atoms with Gasteiger partial charge in [-0.2, -0.15) is 5.10 Å². The highest BCUT2D eigenvalue weighted by atomic mass is 16.4. The second-order valence-corrected chi connectivity index (χ2v) is 3.75. The molecule has 0 aliphatic rings. The average Bonchev–Trinajstić information content (AvgIpc) is 2.75.